The number of carbonyl (C=O) groups is 1. The molecule has 1 saturated heterocycles. The van der Waals surface area contributed by atoms with Crippen molar-refractivity contribution < 1.29 is 35.7 Å². The highest BCUT2D eigenvalue weighted by atomic mass is 32.2. The Labute approximate surface area is 119 Å². The van der Waals surface area contributed by atoms with Crippen LogP contribution in [0.15, 0.2) is 12.2 Å². The molecule has 2 rings (SSSR count). The highest BCUT2D eigenvalue weighted by Crippen LogP contribution is 2.39. The first-order valence-corrected chi connectivity index (χ1v) is 7.68. The molecule has 1 heterocycles. The zero-order valence-electron chi connectivity index (χ0n) is 10.8. The average Bonchev–Trinajstić information content (AvgIpc) is 2.37. The van der Waals surface area contributed by atoms with Gasteiger partial charge in [-0.3, -0.25) is 4.90 Å². The molecule has 2 aliphatic rings. The predicted octanol–water partition coefficient (Wildman–Crippen LogP) is 2.14. The van der Waals surface area contributed by atoms with Crippen LogP contribution in [-0.2, 0) is 14.3 Å². The van der Waals surface area contributed by atoms with E-state index in [-0.39, 0.29) is 18.9 Å². The highest BCUT2D eigenvalue weighted by Gasteiger charge is 2.52. The second-order valence-electron chi connectivity index (χ2n) is 5.02. The molecule has 1 N–H and O–H groups in total. The minimum atomic E-state index is -5.84. The number of hydrogen-bond donors (Lipinski definition) is 1. The SMILES string of the molecule is O=C(O)N1CCC2CC=CCC2C1OS(=O)(=O)C(F)(F)F. The topological polar surface area (TPSA) is 83.9 Å². The van der Waals surface area contributed by atoms with E-state index in [1.807, 2.05) is 6.08 Å². The molecule has 0 aromatic carbocycles. The number of nitrogens with zero attached hydrogens (tertiary/aromatic N) is 1. The normalized spacial score (nSPS) is 30.0. The van der Waals surface area contributed by atoms with Crippen LogP contribution in [0.5, 0.6) is 0 Å². The quantitative estimate of drug-likeness (QED) is 0.477. The largest absolute Gasteiger partial charge is 0.523 e. The summed E-state index contributed by atoms with van der Waals surface area (Å²) in [4.78, 5) is 11.8. The van der Waals surface area contributed by atoms with Crippen molar-refractivity contribution >= 4 is 16.2 Å². The number of alkyl halides is 3. The van der Waals surface area contributed by atoms with E-state index >= 15 is 0 Å². The van der Waals surface area contributed by atoms with Crippen molar-refractivity contribution in [2.45, 2.75) is 31.0 Å². The van der Waals surface area contributed by atoms with Crippen LogP contribution in [0.25, 0.3) is 0 Å². The molecular weight excluding hydrogens is 315 g/mol. The van der Waals surface area contributed by atoms with E-state index in [9.17, 15) is 26.4 Å². The lowest BCUT2D eigenvalue weighted by atomic mass is 9.77. The molecule has 10 heteroatoms. The van der Waals surface area contributed by atoms with Gasteiger partial charge in [-0.2, -0.15) is 21.6 Å². The summed E-state index contributed by atoms with van der Waals surface area (Å²) in [6.45, 7) is -0.0532. The summed E-state index contributed by atoms with van der Waals surface area (Å²) in [5, 5.41) is 9.05. The third-order valence-electron chi connectivity index (χ3n) is 3.79. The van der Waals surface area contributed by atoms with Crippen LogP contribution in [0, 0.1) is 11.8 Å². The van der Waals surface area contributed by atoms with Crippen LogP contribution in [0.4, 0.5) is 18.0 Å². The van der Waals surface area contributed by atoms with Crippen LogP contribution in [-0.4, -0.2) is 42.8 Å². The molecule has 0 aromatic rings. The third kappa shape index (κ3) is 3.15. The summed E-state index contributed by atoms with van der Waals surface area (Å²) in [7, 11) is -5.84. The van der Waals surface area contributed by atoms with Crippen molar-refractivity contribution in [2.24, 2.45) is 11.8 Å². The van der Waals surface area contributed by atoms with Gasteiger partial charge in [0.25, 0.3) is 0 Å². The maximum absolute atomic E-state index is 12.4. The van der Waals surface area contributed by atoms with Crippen molar-refractivity contribution in [3.8, 4) is 0 Å². The lowest BCUT2D eigenvalue weighted by molar-refractivity contribution is -0.0895. The molecule has 1 amide bonds. The first kappa shape index (κ1) is 16.1. The third-order valence-corrected chi connectivity index (χ3v) is 4.81. The number of carboxylic acid groups (broad SMARTS) is 1. The molecule has 1 aliphatic carbocycles. The number of fused-ring (bicyclic) bond motifs is 1. The summed E-state index contributed by atoms with van der Waals surface area (Å²) in [6.07, 6.45) is 1.74. The van der Waals surface area contributed by atoms with Gasteiger partial charge in [0.2, 0.25) is 0 Å². The van der Waals surface area contributed by atoms with E-state index in [0.29, 0.717) is 17.7 Å². The number of allylic oxidation sites excluding steroid dienone is 2. The lowest BCUT2D eigenvalue weighted by Gasteiger charge is -2.44. The standard InChI is InChI=1S/C11H14F3NO5S/c12-11(13,14)21(18,19)20-9-8-4-2-1-3-7(8)5-6-15(9)10(16)17/h1-2,7-9H,3-6H2,(H,16,17). The summed E-state index contributed by atoms with van der Waals surface area (Å²) in [5.74, 6) is -0.684. The molecule has 3 unspecified atom stereocenters. The molecule has 0 bridgehead atoms. The van der Waals surface area contributed by atoms with E-state index in [2.05, 4.69) is 4.18 Å². The van der Waals surface area contributed by atoms with E-state index in [0.717, 1.165) is 0 Å². The van der Waals surface area contributed by atoms with Gasteiger partial charge in [-0.1, -0.05) is 12.2 Å². The van der Waals surface area contributed by atoms with Crippen LogP contribution >= 0.6 is 0 Å². The zero-order chi connectivity index (χ0) is 15.8. The summed E-state index contributed by atoms with van der Waals surface area (Å²) < 4.78 is 63.9. The number of amides is 1. The molecule has 3 atom stereocenters. The number of hydrogen-bond acceptors (Lipinski definition) is 4. The minimum absolute atomic E-state index is 0.0532. The van der Waals surface area contributed by atoms with Crippen molar-refractivity contribution in [2.75, 3.05) is 6.54 Å². The second kappa shape index (κ2) is 5.48. The summed E-state index contributed by atoms with van der Waals surface area (Å²) in [5.41, 5.74) is -5.57. The minimum Gasteiger partial charge on any atom is -0.465 e. The molecule has 0 radical (unpaired) electrons. The lowest BCUT2D eigenvalue weighted by Crippen LogP contribution is -2.54. The molecule has 0 saturated carbocycles. The molecular formula is C11H14F3NO5S. The number of halogens is 3. The predicted molar refractivity (Wildman–Crippen MR) is 64.5 cm³/mol. The van der Waals surface area contributed by atoms with Crippen molar-refractivity contribution in [1.29, 1.82) is 0 Å². The molecule has 1 aliphatic heterocycles. The molecule has 120 valence electrons. The highest BCUT2D eigenvalue weighted by molar-refractivity contribution is 7.87. The Bertz CT molecular complexity index is 545. The smallest absolute Gasteiger partial charge is 0.465 e. The van der Waals surface area contributed by atoms with Gasteiger partial charge in [-0.15, -0.1) is 0 Å². The van der Waals surface area contributed by atoms with Gasteiger partial charge in [0, 0.05) is 12.5 Å². The van der Waals surface area contributed by atoms with Crippen molar-refractivity contribution in [3.05, 3.63) is 12.2 Å². The average molecular weight is 329 g/mol. The Morgan fingerprint density at radius 3 is 2.48 bits per heavy atom. The molecule has 1 fully saturated rings. The Morgan fingerprint density at radius 1 is 1.29 bits per heavy atom. The van der Waals surface area contributed by atoms with Gasteiger partial charge in [0.05, 0.1) is 0 Å². The van der Waals surface area contributed by atoms with Crippen molar-refractivity contribution in [3.63, 3.8) is 0 Å². The maximum atomic E-state index is 12.4. The van der Waals surface area contributed by atoms with Crippen molar-refractivity contribution in [1.82, 2.24) is 4.90 Å². The van der Waals surface area contributed by atoms with Gasteiger partial charge >= 0.3 is 21.7 Å². The maximum Gasteiger partial charge on any atom is 0.523 e. The summed E-state index contributed by atoms with van der Waals surface area (Å²) in [6, 6.07) is 0. The Kier molecular flexibility index (Phi) is 4.20. The Hall–Kier alpha value is -1.29. The van der Waals surface area contributed by atoms with Gasteiger partial charge in [0.1, 0.15) is 0 Å². The van der Waals surface area contributed by atoms with E-state index in [4.69, 9.17) is 5.11 Å². The second-order valence-corrected chi connectivity index (χ2v) is 6.58. The molecule has 21 heavy (non-hydrogen) atoms. The number of likely N-dealkylation sites (tertiary alicyclic amines) is 1. The van der Waals surface area contributed by atoms with Gasteiger partial charge in [0.15, 0.2) is 6.23 Å². The Balaban J connectivity index is 2.29. The molecule has 6 nitrogen and oxygen atoms in total. The zero-order valence-corrected chi connectivity index (χ0v) is 11.6. The van der Waals surface area contributed by atoms with Gasteiger partial charge in [-0.05, 0) is 25.2 Å². The van der Waals surface area contributed by atoms with E-state index in [1.165, 1.54) is 0 Å². The Morgan fingerprint density at radius 2 is 1.90 bits per heavy atom. The first-order valence-electron chi connectivity index (χ1n) is 6.27. The van der Waals surface area contributed by atoms with E-state index < -0.39 is 33.9 Å². The van der Waals surface area contributed by atoms with E-state index in [1.54, 1.807) is 6.08 Å². The fraction of sp³-hybridized carbons (Fsp3) is 0.727. The van der Waals surface area contributed by atoms with Gasteiger partial charge in [-0.25, -0.2) is 8.98 Å². The summed E-state index contributed by atoms with van der Waals surface area (Å²) >= 11 is 0. The van der Waals surface area contributed by atoms with Gasteiger partial charge < -0.3 is 5.11 Å². The fourth-order valence-corrected chi connectivity index (χ4v) is 3.36. The molecule has 0 aromatic heterocycles. The van der Waals surface area contributed by atoms with Crippen LogP contribution in [0.2, 0.25) is 0 Å². The van der Waals surface area contributed by atoms with Crippen LogP contribution in [0.1, 0.15) is 19.3 Å². The molecule has 0 spiro atoms. The fourth-order valence-electron chi connectivity index (χ4n) is 2.75. The monoisotopic (exact) mass is 329 g/mol. The first-order chi connectivity index (χ1) is 9.63. The number of piperidine rings is 1. The number of rotatable bonds is 2. The van der Waals surface area contributed by atoms with Crippen LogP contribution < -0.4 is 0 Å². The van der Waals surface area contributed by atoms with Crippen LogP contribution in [0.3, 0.4) is 0 Å².